The second-order valence-electron chi connectivity index (χ2n) is 6.28. The topological polar surface area (TPSA) is 50.3 Å². The van der Waals surface area contributed by atoms with Gasteiger partial charge in [-0.1, -0.05) is 30.3 Å². The van der Waals surface area contributed by atoms with Gasteiger partial charge in [0.15, 0.2) is 0 Å². The zero-order valence-corrected chi connectivity index (χ0v) is 14.4. The first-order chi connectivity index (χ1) is 12.6. The van der Waals surface area contributed by atoms with Crippen LogP contribution in [0, 0.1) is 5.82 Å². The zero-order chi connectivity index (χ0) is 17.9. The summed E-state index contributed by atoms with van der Waals surface area (Å²) in [6, 6.07) is 17.0. The molecule has 128 valence electrons. The monoisotopic (exact) mass is 364 g/mol. The highest BCUT2D eigenvalue weighted by Crippen LogP contribution is 2.43. The summed E-state index contributed by atoms with van der Waals surface area (Å²) in [5.41, 5.74) is 1.76. The third kappa shape index (κ3) is 2.05. The average molecular weight is 364 g/mol. The van der Waals surface area contributed by atoms with E-state index in [9.17, 15) is 12.8 Å². The Morgan fingerprint density at radius 3 is 2.58 bits per heavy atom. The summed E-state index contributed by atoms with van der Waals surface area (Å²) in [7, 11) is -3.70. The van der Waals surface area contributed by atoms with Crippen LogP contribution in [0.15, 0.2) is 71.8 Å². The largest absolute Gasteiger partial charge is 0.265 e. The predicted molar refractivity (Wildman–Crippen MR) is 99.0 cm³/mol. The number of fused-ring (bicyclic) bond motifs is 1. The van der Waals surface area contributed by atoms with Gasteiger partial charge in [-0.3, -0.25) is 9.29 Å². The molecular weight excluding hydrogens is 351 g/mol. The molecule has 2 heterocycles. The van der Waals surface area contributed by atoms with Gasteiger partial charge >= 0.3 is 0 Å². The van der Waals surface area contributed by atoms with Crippen molar-refractivity contribution in [1.29, 1.82) is 0 Å². The smallest absolute Gasteiger partial charge is 0.261 e. The minimum absolute atomic E-state index is 0.0292. The minimum atomic E-state index is -3.70. The molecule has 0 N–H and O–H groups in total. The highest BCUT2D eigenvalue weighted by atomic mass is 32.2. The van der Waals surface area contributed by atoms with E-state index in [1.165, 1.54) is 16.4 Å². The van der Waals surface area contributed by atoms with Crippen molar-refractivity contribution in [3.63, 3.8) is 0 Å². The molecular formula is C20H13FN2O2S. The van der Waals surface area contributed by atoms with Gasteiger partial charge < -0.3 is 0 Å². The lowest BCUT2D eigenvalue weighted by Gasteiger charge is -2.19. The van der Waals surface area contributed by atoms with Gasteiger partial charge in [0.1, 0.15) is 5.82 Å². The molecule has 5 rings (SSSR count). The third-order valence-corrected chi connectivity index (χ3v) is 6.55. The van der Waals surface area contributed by atoms with Crippen molar-refractivity contribution >= 4 is 37.4 Å². The number of rotatable bonds is 2. The molecule has 0 bridgehead atoms. The fraction of sp³-hybridized carbons (Fsp3) is 0.0500. The summed E-state index contributed by atoms with van der Waals surface area (Å²) in [5, 5.41) is 2.23. The summed E-state index contributed by atoms with van der Waals surface area (Å²) in [6.45, 7) is 0.0292. The Labute approximate surface area is 149 Å². The summed E-state index contributed by atoms with van der Waals surface area (Å²) in [5.74, 6) is -0.409. The minimum Gasteiger partial charge on any atom is -0.261 e. The first-order valence-electron chi connectivity index (χ1n) is 8.13. The van der Waals surface area contributed by atoms with Crippen molar-refractivity contribution in [2.24, 2.45) is 0 Å². The number of sulfonamides is 1. The molecule has 0 amide bonds. The van der Waals surface area contributed by atoms with E-state index in [0.717, 1.165) is 5.39 Å². The van der Waals surface area contributed by atoms with E-state index in [2.05, 4.69) is 4.98 Å². The first kappa shape index (κ1) is 15.3. The van der Waals surface area contributed by atoms with Gasteiger partial charge in [-0.15, -0.1) is 0 Å². The van der Waals surface area contributed by atoms with Crippen LogP contribution >= 0.6 is 0 Å². The fourth-order valence-electron chi connectivity index (χ4n) is 3.63. The maximum absolute atomic E-state index is 14.1. The Hall–Kier alpha value is -2.99. The van der Waals surface area contributed by atoms with Crippen molar-refractivity contribution in [3.05, 3.63) is 78.2 Å². The van der Waals surface area contributed by atoms with Gasteiger partial charge in [-0.2, -0.15) is 0 Å². The predicted octanol–water partition coefficient (Wildman–Crippen LogP) is 4.24. The number of aromatic nitrogens is 1. The van der Waals surface area contributed by atoms with E-state index in [1.54, 1.807) is 36.5 Å². The van der Waals surface area contributed by atoms with Crippen LogP contribution in [0.25, 0.3) is 21.7 Å². The quantitative estimate of drug-likeness (QED) is 0.535. The summed E-state index contributed by atoms with van der Waals surface area (Å²) >= 11 is 0. The molecule has 0 spiro atoms. The summed E-state index contributed by atoms with van der Waals surface area (Å²) < 4.78 is 41.6. The van der Waals surface area contributed by atoms with Gasteiger partial charge in [-0.25, -0.2) is 12.8 Å². The van der Waals surface area contributed by atoms with Crippen molar-refractivity contribution in [2.75, 3.05) is 4.31 Å². The fourth-order valence-corrected chi connectivity index (χ4v) is 5.32. The molecule has 3 aromatic carbocycles. The number of hydrogen-bond acceptors (Lipinski definition) is 3. The van der Waals surface area contributed by atoms with E-state index in [-0.39, 0.29) is 6.54 Å². The number of benzene rings is 3. The van der Waals surface area contributed by atoms with Crippen LogP contribution in [-0.4, -0.2) is 13.4 Å². The second kappa shape index (κ2) is 5.25. The molecule has 0 unspecified atom stereocenters. The van der Waals surface area contributed by atoms with Crippen LogP contribution in [0.2, 0.25) is 0 Å². The first-order valence-corrected chi connectivity index (χ1v) is 9.57. The molecule has 4 nitrogen and oxygen atoms in total. The molecule has 1 aliphatic heterocycles. The average Bonchev–Trinajstić information content (AvgIpc) is 2.85. The standard InChI is InChI=1S/C20H13FN2O2S/c21-16-10-14-6-3-9-22-20(14)15(11-16)12-23-17-7-1-4-13-5-2-8-18(19(13)17)26(23,24)25/h1-11H,12H2. The maximum atomic E-state index is 14.1. The molecule has 26 heavy (non-hydrogen) atoms. The molecule has 0 aliphatic carbocycles. The van der Waals surface area contributed by atoms with E-state index in [1.807, 2.05) is 18.2 Å². The van der Waals surface area contributed by atoms with E-state index >= 15 is 0 Å². The van der Waals surface area contributed by atoms with Crippen LogP contribution in [0.4, 0.5) is 10.1 Å². The summed E-state index contributed by atoms with van der Waals surface area (Å²) in [4.78, 5) is 4.61. The van der Waals surface area contributed by atoms with Crippen molar-refractivity contribution < 1.29 is 12.8 Å². The Balaban J connectivity index is 1.73. The number of anilines is 1. The molecule has 0 atom stereocenters. The normalized spacial score (nSPS) is 15.0. The van der Waals surface area contributed by atoms with Crippen LogP contribution in [0.3, 0.4) is 0 Å². The molecule has 0 radical (unpaired) electrons. The number of pyridine rings is 1. The number of nitrogens with zero attached hydrogens (tertiary/aromatic N) is 2. The van der Waals surface area contributed by atoms with Gasteiger partial charge in [0, 0.05) is 22.5 Å². The maximum Gasteiger partial charge on any atom is 0.265 e. The SMILES string of the molecule is O=S1(=O)c2cccc3cccc(c23)N1Cc1cc(F)cc2cccnc12. The number of halogens is 1. The summed E-state index contributed by atoms with van der Waals surface area (Å²) in [6.07, 6.45) is 1.62. The van der Waals surface area contributed by atoms with E-state index in [4.69, 9.17) is 0 Å². The Bertz CT molecular complexity index is 1300. The lowest BCUT2D eigenvalue weighted by molar-refractivity contribution is 0.593. The lowest BCUT2D eigenvalue weighted by Crippen LogP contribution is -2.26. The Morgan fingerprint density at radius 2 is 1.73 bits per heavy atom. The van der Waals surface area contributed by atoms with Gasteiger partial charge in [0.25, 0.3) is 10.0 Å². The van der Waals surface area contributed by atoms with Crippen LogP contribution < -0.4 is 4.31 Å². The van der Waals surface area contributed by atoms with Crippen LogP contribution in [0.1, 0.15) is 5.56 Å². The second-order valence-corrected chi connectivity index (χ2v) is 8.11. The van der Waals surface area contributed by atoms with Crippen LogP contribution in [-0.2, 0) is 16.6 Å². The zero-order valence-electron chi connectivity index (χ0n) is 13.6. The van der Waals surface area contributed by atoms with Gasteiger partial charge in [0.2, 0.25) is 0 Å². The molecule has 0 saturated heterocycles. The van der Waals surface area contributed by atoms with Gasteiger partial charge in [0.05, 0.1) is 22.6 Å². The van der Waals surface area contributed by atoms with E-state index < -0.39 is 15.8 Å². The van der Waals surface area contributed by atoms with Crippen molar-refractivity contribution in [2.45, 2.75) is 11.4 Å². The highest BCUT2D eigenvalue weighted by molar-refractivity contribution is 7.93. The molecule has 1 aliphatic rings. The van der Waals surface area contributed by atoms with Crippen molar-refractivity contribution in [3.8, 4) is 0 Å². The molecule has 0 fully saturated rings. The van der Waals surface area contributed by atoms with Crippen LogP contribution in [0.5, 0.6) is 0 Å². The molecule has 4 aromatic rings. The third-order valence-electron chi connectivity index (χ3n) is 4.74. The molecule has 6 heteroatoms. The van der Waals surface area contributed by atoms with E-state index in [0.29, 0.717) is 32.4 Å². The molecule has 0 saturated carbocycles. The Kier molecular flexibility index (Phi) is 3.09. The lowest BCUT2D eigenvalue weighted by atomic mass is 10.1. The van der Waals surface area contributed by atoms with Gasteiger partial charge in [-0.05, 0) is 35.7 Å². The number of hydrogen-bond donors (Lipinski definition) is 0. The highest BCUT2D eigenvalue weighted by Gasteiger charge is 2.35. The Morgan fingerprint density at radius 1 is 0.962 bits per heavy atom. The molecule has 1 aromatic heterocycles. The van der Waals surface area contributed by atoms with Crippen molar-refractivity contribution in [1.82, 2.24) is 4.98 Å².